The fraction of sp³-hybridized carbons (Fsp3) is 0.200. The van der Waals surface area contributed by atoms with Gasteiger partial charge in [0, 0.05) is 34.7 Å². The first kappa shape index (κ1) is 13.8. The number of halogens is 1. The molecule has 0 fully saturated rings. The second-order valence-electron chi connectivity index (χ2n) is 4.76. The van der Waals surface area contributed by atoms with E-state index in [1.54, 1.807) is 24.4 Å². The molecule has 0 saturated carbocycles. The summed E-state index contributed by atoms with van der Waals surface area (Å²) in [6.45, 7) is 1.74. The van der Waals surface area contributed by atoms with Crippen LogP contribution in [0.4, 0.5) is 4.39 Å². The minimum atomic E-state index is -0.861. The van der Waals surface area contributed by atoms with Crippen LogP contribution < -0.4 is 4.74 Å². The second-order valence-corrected chi connectivity index (χ2v) is 5.64. The molecule has 6 heteroatoms. The topological polar surface area (TPSA) is 58.9 Å². The molecule has 0 aromatic carbocycles. The lowest BCUT2D eigenvalue weighted by molar-refractivity contribution is -0.113. The van der Waals surface area contributed by atoms with Gasteiger partial charge in [0.15, 0.2) is 10.9 Å². The number of aliphatic imine (C=N–C) groups is 1. The number of hydrogen-bond acceptors (Lipinski definition) is 5. The minimum absolute atomic E-state index is 0.0264. The summed E-state index contributed by atoms with van der Waals surface area (Å²) in [6.07, 6.45) is 1.67. The highest BCUT2D eigenvalue weighted by Gasteiger charge is 2.33. The SMILES string of the molecule is COc1cc(C(O)=C2CC3=NC(C)=CC3=C(F)C2=O)cs1. The highest BCUT2D eigenvalue weighted by atomic mass is 32.1. The number of aliphatic hydroxyl groups excluding tert-OH is 1. The molecular weight excluding hydrogens is 293 g/mol. The normalized spacial score (nSPS) is 20.2. The van der Waals surface area contributed by atoms with Gasteiger partial charge >= 0.3 is 0 Å². The van der Waals surface area contributed by atoms with Gasteiger partial charge in [0.25, 0.3) is 0 Å². The summed E-state index contributed by atoms with van der Waals surface area (Å²) in [4.78, 5) is 16.3. The summed E-state index contributed by atoms with van der Waals surface area (Å²) in [5.74, 6) is -1.86. The van der Waals surface area contributed by atoms with Gasteiger partial charge < -0.3 is 9.84 Å². The third kappa shape index (κ3) is 2.21. The van der Waals surface area contributed by atoms with E-state index in [2.05, 4.69) is 4.99 Å². The highest BCUT2D eigenvalue weighted by molar-refractivity contribution is 7.12. The average molecular weight is 305 g/mol. The third-order valence-corrected chi connectivity index (χ3v) is 4.25. The smallest absolute Gasteiger partial charge is 0.222 e. The van der Waals surface area contributed by atoms with E-state index in [0.717, 1.165) is 0 Å². The zero-order chi connectivity index (χ0) is 15.1. The van der Waals surface area contributed by atoms with Crippen LogP contribution >= 0.6 is 11.3 Å². The molecule has 0 atom stereocenters. The van der Waals surface area contributed by atoms with Crippen molar-refractivity contribution in [3.8, 4) is 5.06 Å². The van der Waals surface area contributed by atoms with Crippen molar-refractivity contribution in [1.82, 2.24) is 0 Å². The van der Waals surface area contributed by atoms with Gasteiger partial charge in [-0.25, -0.2) is 4.39 Å². The molecule has 1 aliphatic heterocycles. The lowest BCUT2D eigenvalue weighted by Crippen LogP contribution is -2.19. The Labute approximate surface area is 124 Å². The van der Waals surface area contributed by atoms with E-state index < -0.39 is 11.6 Å². The van der Waals surface area contributed by atoms with Crippen molar-refractivity contribution in [3.05, 3.63) is 45.8 Å². The molecule has 0 bridgehead atoms. The Morgan fingerprint density at radius 3 is 2.95 bits per heavy atom. The number of fused-ring (bicyclic) bond motifs is 1. The Morgan fingerprint density at radius 1 is 1.52 bits per heavy atom. The number of ether oxygens (including phenoxy) is 1. The van der Waals surface area contributed by atoms with E-state index in [1.165, 1.54) is 18.4 Å². The Morgan fingerprint density at radius 2 is 2.29 bits per heavy atom. The first-order chi connectivity index (χ1) is 10.0. The fourth-order valence-corrected chi connectivity index (χ4v) is 3.05. The number of aliphatic hydroxyl groups is 1. The summed E-state index contributed by atoms with van der Waals surface area (Å²) in [5.41, 5.74) is 1.84. The monoisotopic (exact) mass is 305 g/mol. The van der Waals surface area contributed by atoms with E-state index in [-0.39, 0.29) is 23.3 Å². The van der Waals surface area contributed by atoms with Gasteiger partial charge in [0.05, 0.1) is 18.4 Å². The number of hydrogen-bond donors (Lipinski definition) is 1. The largest absolute Gasteiger partial charge is 0.507 e. The molecule has 0 radical (unpaired) electrons. The molecule has 1 aromatic heterocycles. The maximum atomic E-state index is 14.1. The molecule has 0 amide bonds. The molecule has 2 heterocycles. The number of Topliss-reactive ketones (excluding diaryl/α,β-unsaturated/α-hetero) is 1. The van der Waals surface area contributed by atoms with Crippen LogP contribution in [0.5, 0.6) is 5.06 Å². The second kappa shape index (κ2) is 4.96. The lowest BCUT2D eigenvalue weighted by atomic mass is 9.89. The van der Waals surface area contributed by atoms with Crippen LogP contribution in [0, 0.1) is 0 Å². The predicted molar refractivity (Wildman–Crippen MR) is 79.4 cm³/mol. The minimum Gasteiger partial charge on any atom is -0.507 e. The molecule has 0 saturated heterocycles. The lowest BCUT2D eigenvalue weighted by Gasteiger charge is -2.15. The summed E-state index contributed by atoms with van der Waals surface area (Å²) < 4.78 is 19.2. The zero-order valence-corrected chi connectivity index (χ0v) is 12.3. The van der Waals surface area contributed by atoms with Crippen molar-refractivity contribution in [2.75, 3.05) is 7.11 Å². The number of allylic oxidation sites excluding steroid dienone is 5. The molecule has 108 valence electrons. The zero-order valence-electron chi connectivity index (χ0n) is 11.4. The molecular formula is C15H12FNO3S. The van der Waals surface area contributed by atoms with Crippen molar-refractivity contribution in [2.24, 2.45) is 4.99 Å². The Bertz CT molecular complexity index is 768. The first-order valence-electron chi connectivity index (χ1n) is 6.27. The Balaban J connectivity index is 2.06. The Kier molecular flexibility index (Phi) is 3.25. The Hall–Kier alpha value is -2.21. The van der Waals surface area contributed by atoms with Crippen LogP contribution in [-0.4, -0.2) is 23.7 Å². The molecule has 1 N–H and O–H groups in total. The quantitative estimate of drug-likeness (QED) is 0.671. The highest BCUT2D eigenvalue weighted by Crippen LogP contribution is 2.36. The van der Waals surface area contributed by atoms with Gasteiger partial charge in [-0.05, 0) is 13.0 Å². The van der Waals surface area contributed by atoms with E-state index in [4.69, 9.17) is 4.74 Å². The maximum Gasteiger partial charge on any atom is 0.222 e. The fourth-order valence-electron chi connectivity index (χ4n) is 2.34. The average Bonchev–Trinajstić information content (AvgIpc) is 3.08. The molecule has 1 aromatic rings. The van der Waals surface area contributed by atoms with E-state index in [9.17, 15) is 14.3 Å². The molecule has 21 heavy (non-hydrogen) atoms. The van der Waals surface area contributed by atoms with Crippen LogP contribution in [0.15, 0.2) is 45.2 Å². The van der Waals surface area contributed by atoms with E-state index >= 15 is 0 Å². The van der Waals surface area contributed by atoms with Crippen LogP contribution in [0.25, 0.3) is 5.76 Å². The summed E-state index contributed by atoms with van der Waals surface area (Å²) in [7, 11) is 1.52. The molecule has 1 aliphatic carbocycles. The van der Waals surface area contributed by atoms with Crippen LogP contribution in [0.3, 0.4) is 0 Å². The molecule has 0 unspecified atom stereocenters. The number of carbonyl (C=O) groups is 1. The molecule has 0 spiro atoms. The summed E-state index contributed by atoms with van der Waals surface area (Å²) >= 11 is 1.29. The van der Waals surface area contributed by atoms with E-state index in [1.807, 2.05) is 0 Å². The van der Waals surface area contributed by atoms with Crippen LogP contribution in [-0.2, 0) is 4.79 Å². The van der Waals surface area contributed by atoms with Crippen molar-refractivity contribution >= 4 is 28.6 Å². The van der Waals surface area contributed by atoms with Crippen LogP contribution in [0.1, 0.15) is 18.9 Å². The number of rotatable bonds is 2. The molecule has 4 nitrogen and oxygen atoms in total. The molecule has 3 rings (SSSR count). The number of nitrogens with zero attached hydrogens (tertiary/aromatic N) is 1. The van der Waals surface area contributed by atoms with Gasteiger partial charge in [-0.3, -0.25) is 9.79 Å². The van der Waals surface area contributed by atoms with Crippen molar-refractivity contribution in [2.45, 2.75) is 13.3 Å². The van der Waals surface area contributed by atoms with Gasteiger partial charge in [-0.2, -0.15) is 0 Å². The third-order valence-electron chi connectivity index (χ3n) is 3.37. The van der Waals surface area contributed by atoms with Gasteiger partial charge in [-0.1, -0.05) is 0 Å². The van der Waals surface area contributed by atoms with Gasteiger partial charge in [0.2, 0.25) is 5.78 Å². The van der Waals surface area contributed by atoms with E-state index in [0.29, 0.717) is 22.0 Å². The van der Waals surface area contributed by atoms with Gasteiger partial charge in [-0.15, -0.1) is 11.3 Å². The standard InChI is InChI=1S/C15H12FNO3S/c1-7-3-9-11(17-7)5-10(15(19)13(9)16)14(18)8-4-12(20-2)21-6-8/h3-4,6,18H,5H2,1-2H3. The number of thiophene rings is 1. The maximum absolute atomic E-state index is 14.1. The summed E-state index contributed by atoms with van der Waals surface area (Å²) in [6, 6.07) is 1.61. The predicted octanol–water partition coefficient (Wildman–Crippen LogP) is 3.58. The van der Waals surface area contributed by atoms with Crippen molar-refractivity contribution in [3.63, 3.8) is 0 Å². The van der Waals surface area contributed by atoms with Crippen LogP contribution in [0.2, 0.25) is 0 Å². The number of carbonyl (C=O) groups excluding carboxylic acids is 1. The number of ketones is 1. The molecule has 2 aliphatic rings. The first-order valence-corrected chi connectivity index (χ1v) is 7.15. The van der Waals surface area contributed by atoms with Crippen molar-refractivity contribution in [1.29, 1.82) is 0 Å². The number of methoxy groups -OCH3 is 1. The van der Waals surface area contributed by atoms with Crippen molar-refractivity contribution < 1.29 is 19.0 Å². The van der Waals surface area contributed by atoms with Gasteiger partial charge in [0.1, 0.15) is 5.76 Å². The summed E-state index contributed by atoms with van der Waals surface area (Å²) in [5, 5.41) is 12.5.